The fraction of sp³-hybridized carbons (Fsp3) is 0.333. The molecule has 0 saturated heterocycles. The Hall–Kier alpha value is -1.18. The molecule has 3 nitrogen and oxygen atoms in total. The van der Waals surface area contributed by atoms with Crippen LogP contribution < -0.4 is 0 Å². The molecule has 0 fully saturated rings. The van der Waals surface area contributed by atoms with Crippen LogP contribution in [0.5, 0.6) is 0 Å². The number of nitrogens with zero attached hydrogens (tertiary/aromatic N) is 1. The van der Waals surface area contributed by atoms with E-state index in [0.717, 1.165) is 10.0 Å². The van der Waals surface area contributed by atoms with Gasteiger partial charge in [0, 0.05) is 18.0 Å². The molecule has 1 aromatic carbocycles. The van der Waals surface area contributed by atoms with Crippen LogP contribution in [0.3, 0.4) is 0 Å². The molecule has 0 amide bonds. The van der Waals surface area contributed by atoms with Gasteiger partial charge in [0.2, 0.25) is 0 Å². The Bertz CT molecular complexity index is 394. The third kappa shape index (κ3) is 3.44. The Morgan fingerprint density at radius 3 is 2.62 bits per heavy atom. The number of ketones is 1. The van der Waals surface area contributed by atoms with E-state index in [0.29, 0.717) is 6.61 Å². The van der Waals surface area contributed by atoms with Gasteiger partial charge in [0.25, 0.3) is 0 Å². The molecule has 0 aromatic heterocycles. The standard InChI is InChI=1S/C12H12BrNO2/c1-16-7-6-12(15)11(8-14)9-2-4-10(13)5-3-9/h2-5,11H,6-7H2,1H3. The molecule has 0 N–H and O–H groups in total. The van der Waals surface area contributed by atoms with E-state index in [1.165, 1.54) is 7.11 Å². The molecule has 0 spiro atoms. The first kappa shape index (κ1) is 12.9. The Morgan fingerprint density at radius 1 is 1.50 bits per heavy atom. The van der Waals surface area contributed by atoms with Gasteiger partial charge < -0.3 is 4.74 Å². The zero-order valence-corrected chi connectivity index (χ0v) is 10.5. The lowest BCUT2D eigenvalue weighted by Crippen LogP contribution is -2.12. The summed E-state index contributed by atoms with van der Waals surface area (Å²) >= 11 is 3.31. The summed E-state index contributed by atoms with van der Waals surface area (Å²) in [5, 5.41) is 9.00. The number of carbonyl (C=O) groups excluding carboxylic acids is 1. The lowest BCUT2D eigenvalue weighted by molar-refractivity contribution is -0.120. The normalized spacial score (nSPS) is 11.8. The number of hydrogen-bond donors (Lipinski definition) is 0. The second kappa shape index (κ2) is 6.41. The summed E-state index contributed by atoms with van der Waals surface area (Å²) in [6, 6.07) is 9.23. The van der Waals surface area contributed by atoms with E-state index in [4.69, 9.17) is 10.00 Å². The first-order valence-electron chi connectivity index (χ1n) is 4.85. The van der Waals surface area contributed by atoms with Crippen molar-refractivity contribution in [1.82, 2.24) is 0 Å². The van der Waals surface area contributed by atoms with Crippen molar-refractivity contribution in [2.45, 2.75) is 12.3 Å². The molecule has 0 aliphatic rings. The molecule has 84 valence electrons. The van der Waals surface area contributed by atoms with Gasteiger partial charge in [0.05, 0.1) is 12.7 Å². The van der Waals surface area contributed by atoms with Gasteiger partial charge in [0.1, 0.15) is 5.92 Å². The summed E-state index contributed by atoms with van der Waals surface area (Å²) in [6.07, 6.45) is 0.269. The van der Waals surface area contributed by atoms with E-state index in [-0.39, 0.29) is 12.2 Å². The lowest BCUT2D eigenvalue weighted by atomic mass is 9.95. The van der Waals surface area contributed by atoms with E-state index in [9.17, 15) is 4.79 Å². The van der Waals surface area contributed by atoms with Gasteiger partial charge in [-0.25, -0.2) is 0 Å². The van der Waals surface area contributed by atoms with Gasteiger partial charge >= 0.3 is 0 Å². The van der Waals surface area contributed by atoms with Gasteiger partial charge in [-0.15, -0.1) is 0 Å². The van der Waals surface area contributed by atoms with E-state index in [1.54, 1.807) is 12.1 Å². The van der Waals surface area contributed by atoms with Crippen molar-refractivity contribution in [2.75, 3.05) is 13.7 Å². The molecule has 1 atom stereocenters. The average molecular weight is 282 g/mol. The predicted octanol–water partition coefficient (Wildman–Crippen LogP) is 2.66. The fourth-order valence-corrected chi connectivity index (χ4v) is 1.60. The molecule has 0 aliphatic carbocycles. The van der Waals surface area contributed by atoms with Crippen molar-refractivity contribution in [3.05, 3.63) is 34.3 Å². The van der Waals surface area contributed by atoms with Crippen molar-refractivity contribution in [3.8, 4) is 6.07 Å². The van der Waals surface area contributed by atoms with Crippen LogP contribution in [-0.2, 0) is 9.53 Å². The van der Waals surface area contributed by atoms with Crippen molar-refractivity contribution in [3.63, 3.8) is 0 Å². The third-order valence-electron chi connectivity index (χ3n) is 2.21. The summed E-state index contributed by atoms with van der Waals surface area (Å²) < 4.78 is 5.75. The van der Waals surface area contributed by atoms with Crippen LogP contribution >= 0.6 is 15.9 Å². The quantitative estimate of drug-likeness (QED) is 0.834. The molecular weight excluding hydrogens is 270 g/mol. The van der Waals surface area contributed by atoms with Gasteiger partial charge in [0.15, 0.2) is 5.78 Å². The molecule has 0 saturated carbocycles. The predicted molar refractivity (Wildman–Crippen MR) is 64.0 cm³/mol. The van der Waals surface area contributed by atoms with Crippen LogP contribution in [-0.4, -0.2) is 19.5 Å². The van der Waals surface area contributed by atoms with Crippen LogP contribution in [0.1, 0.15) is 17.9 Å². The molecular formula is C12H12BrNO2. The first-order chi connectivity index (χ1) is 7.69. The highest BCUT2D eigenvalue weighted by Gasteiger charge is 2.19. The zero-order chi connectivity index (χ0) is 12.0. The minimum Gasteiger partial charge on any atom is -0.384 e. The summed E-state index contributed by atoms with van der Waals surface area (Å²) in [4.78, 5) is 11.7. The van der Waals surface area contributed by atoms with Gasteiger partial charge in [-0.3, -0.25) is 4.79 Å². The molecule has 0 bridgehead atoms. The smallest absolute Gasteiger partial charge is 0.156 e. The highest BCUT2D eigenvalue weighted by Crippen LogP contribution is 2.20. The largest absolute Gasteiger partial charge is 0.384 e. The van der Waals surface area contributed by atoms with E-state index in [1.807, 2.05) is 18.2 Å². The molecule has 1 rings (SSSR count). The highest BCUT2D eigenvalue weighted by molar-refractivity contribution is 9.10. The van der Waals surface area contributed by atoms with Crippen molar-refractivity contribution in [2.24, 2.45) is 0 Å². The Balaban J connectivity index is 2.79. The summed E-state index contributed by atoms with van der Waals surface area (Å²) in [5.74, 6) is -0.796. The molecule has 1 unspecified atom stereocenters. The Kier molecular flexibility index (Phi) is 5.17. The number of benzene rings is 1. The van der Waals surface area contributed by atoms with Crippen LogP contribution in [0.15, 0.2) is 28.7 Å². The van der Waals surface area contributed by atoms with Crippen LogP contribution in [0, 0.1) is 11.3 Å². The molecule has 16 heavy (non-hydrogen) atoms. The van der Waals surface area contributed by atoms with Gasteiger partial charge in [-0.1, -0.05) is 28.1 Å². The molecule has 1 aromatic rings. The van der Waals surface area contributed by atoms with Crippen molar-refractivity contribution in [1.29, 1.82) is 5.26 Å². The van der Waals surface area contributed by atoms with Crippen LogP contribution in [0.4, 0.5) is 0 Å². The van der Waals surface area contributed by atoms with Crippen LogP contribution in [0.25, 0.3) is 0 Å². The average Bonchev–Trinajstić information content (AvgIpc) is 2.30. The maximum Gasteiger partial charge on any atom is 0.156 e. The Labute approximate surface area is 103 Å². The number of hydrogen-bond acceptors (Lipinski definition) is 3. The van der Waals surface area contributed by atoms with E-state index >= 15 is 0 Å². The topological polar surface area (TPSA) is 50.1 Å². The number of methoxy groups -OCH3 is 1. The number of Topliss-reactive ketones (excluding diaryl/α,β-unsaturated/α-hetero) is 1. The van der Waals surface area contributed by atoms with Gasteiger partial charge in [-0.2, -0.15) is 5.26 Å². The minimum absolute atomic E-state index is 0.105. The Morgan fingerprint density at radius 2 is 2.12 bits per heavy atom. The molecule has 0 radical (unpaired) electrons. The second-order valence-corrected chi connectivity index (χ2v) is 4.24. The number of carbonyl (C=O) groups is 1. The summed E-state index contributed by atoms with van der Waals surface area (Å²) in [5.41, 5.74) is 0.729. The summed E-state index contributed by atoms with van der Waals surface area (Å²) in [6.45, 7) is 0.355. The second-order valence-electron chi connectivity index (χ2n) is 3.32. The first-order valence-corrected chi connectivity index (χ1v) is 5.65. The minimum atomic E-state index is -0.691. The molecule has 0 heterocycles. The monoisotopic (exact) mass is 281 g/mol. The van der Waals surface area contributed by atoms with E-state index in [2.05, 4.69) is 15.9 Å². The number of ether oxygens (including phenoxy) is 1. The number of rotatable bonds is 5. The zero-order valence-electron chi connectivity index (χ0n) is 8.94. The maximum absolute atomic E-state index is 11.7. The number of halogens is 1. The molecule has 4 heteroatoms. The van der Waals surface area contributed by atoms with E-state index < -0.39 is 5.92 Å². The van der Waals surface area contributed by atoms with Crippen molar-refractivity contribution >= 4 is 21.7 Å². The highest BCUT2D eigenvalue weighted by atomic mass is 79.9. The summed E-state index contributed by atoms with van der Waals surface area (Å²) in [7, 11) is 1.54. The van der Waals surface area contributed by atoms with Crippen molar-refractivity contribution < 1.29 is 9.53 Å². The van der Waals surface area contributed by atoms with Crippen LogP contribution in [0.2, 0.25) is 0 Å². The number of nitriles is 1. The third-order valence-corrected chi connectivity index (χ3v) is 2.74. The molecule has 0 aliphatic heterocycles. The maximum atomic E-state index is 11.7. The van der Waals surface area contributed by atoms with Gasteiger partial charge in [-0.05, 0) is 17.7 Å². The SMILES string of the molecule is COCCC(=O)C(C#N)c1ccc(Br)cc1. The fourth-order valence-electron chi connectivity index (χ4n) is 1.33. The lowest BCUT2D eigenvalue weighted by Gasteiger charge is -2.08.